The Bertz CT molecular complexity index is 646. The van der Waals surface area contributed by atoms with Gasteiger partial charge < -0.3 is 21.3 Å². The molecule has 0 heterocycles. The maximum Gasteiger partial charge on any atom is 0.289 e. The number of hydrogen-bond donors (Lipinski definition) is 3. The van der Waals surface area contributed by atoms with E-state index in [-0.39, 0.29) is 5.91 Å². The standard InChI is InChI=1S/C18H26N4O4/c1-4-8-13(19)16(24)17(25)20-11-14(23)21-15(18(26)22(2)3)12-9-6-5-7-10-12/h5-7,9-10,13,15H,4,8,11,19H2,1-3H3,(H,20,25)(H,21,23)/t13?,15-/m0/s1. The first kappa shape index (κ1) is 21.3. The van der Waals surface area contributed by atoms with Crippen LogP contribution in [0, 0.1) is 0 Å². The largest absolute Gasteiger partial charge is 0.347 e. The van der Waals surface area contributed by atoms with Gasteiger partial charge in [-0.2, -0.15) is 0 Å². The number of hydrogen-bond acceptors (Lipinski definition) is 5. The van der Waals surface area contributed by atoms with E-state index >= 15 is 0 Å². The monoisotopic (exact) mass is 362 g/mol. The van der Waals surface area contributed by atoms with E-state index in [1.165, 1.54) is 4.90 Å². The number of carbonyl (C=O) groups excluding carboxylic acids is 4. The molecule has 3 amide bonds. The van der Waals surface area contributed by atoms with E-state index in [1.807, 2.05) is 6.92 Å². The molecular formula is C18H26N4O4. The molecule has 0 saturated carbocycles. The third-order valence-corrected chi connectivity index (χ3v) is 3.70. The Labute approximate surface area is 153 Å². The topological polar surface area (TPSA) is 122 Å². The summed E-state index contributed by atoms with van der Waals surface area (Å²) in [5, 5.41) is 4.82. The molecule has 0 saturated heterocycles. The van der Waals surface area contributed by atoms with Gasteiger partial charge in [0.2, 0.25) is 17.6 Å². The quantitative estimate of drug-likeness (QED) is 0.523. The van der Waals surface area contributed by atoms with Gasteiger partial charge in [-0.05, 0) is 12.0 Å². The number of amides is 3. The van der Waals surface area contributed by atoms with E-state index in [9.17, 15) is 19.2 Å². The van der Waals surface area contributed by atoms with Crippen molar-refractivity contribution in [3.05, 3.63) is 35.9 Å². The summed E-state index contributed by atoms with van der Waals surface area (Å²) in [4.78, 5) is 49.4. The van der Waals surface area contributed by atoms with E-state index in [1.54, 1.807) is 44.4 Å². The fraction of sp³-hybridized carbons (Fsp3) is 0.444. The number of Topliss-reactive ketones (excluding diaryl/α,β-unsaturated/α-hetero) is 1. The number of carbonyl (C=O) groups is 4. The van der Waals surface area contributed by atoms with E-state index in [2.05, 4.69) is 10.6 Å². The van der Waals surface area contributed by atoms with Crippen LogP contribution in [0.5, 0.6) is 0 Å². The van der Waals surface area contributed by atoms with E-state index < -0.39 is 36.2 Å². The van der Waals surface area contributed by atoms with Crippen molar-refractivity contribution in [2.24, 2.45) is 5.73 Å². The van der Waals surface area contributed by atoms with Gasteiger partial charge in [0.1, 0.15) is 6.04 Å². The minimum atomic E-state index is -0.906. The predicted octanol–water partition coefficient (Wildman–Crippen LogP) is -0.255. The summed E-state index contributed by atoms with van der Waals surface area (Å²) in [6.45, 7) is 1.43. The maximum atomic E-state index is 12.3. The minimum absolute atomic E-state index is 0.308. The van der Waals surface area contributed by atoms with Crippen LogP contribution in [0.3, 0.4) is 0 Å². The van der Waals surface area contributed by atoms with Crippen LogP contribution in [-0.2, 0) is 19.2 Å². The number of ketones is 1. The first-order valence-corrected chi connectivity index (χ1v) is 8.41. The smallest absolute Gasteiger partial charge is 0.289 e. The highest BCUT2D eigenvalue weighted by molar-refractivity contribution is 6.38. The van der Waals surface area contributed by atoms with Crippen molar-refractivity contribution in [2.45, 2.75) is 31.8 Å². The summed E-state index contributed by atoms with van der Waals surface area (Å²) in [6, 6.07) is 6.99. The fourth-order valence-corrected chi connectivity index (χ4v) is 2.26. The molecule has 0 bridgehead atoms. The van der Waals surface area contributed by atoms with Crippen molar-refractivity contribution in [2.75, 3.05) is 20.6 Å². The molecule has 0 aliphatic carbocycles. The molecule has 0 aromatic heterocycles. The summed E-state index contributed by atoms with van der Waals surface area (Å²) in [7, 11) is 3.17. The van der Waals surface area contributed by atoms with Crippen LogP contribution in [0.1, 0.15) is 31.4 Å². The predicted molar refractivity (Wildman–Crippen MR) is 96.9 cm³/mol. The zero-order valence-electron chi connectivity index (χ0n) is 15.3. The summed E-state index contributed by atoms with van der Waals surface area (Å²) >= 11 is 0. The van der Waals surface area contributed by atoms with Crippen molar-refractivity contribution < 1.29 is 19.2 Å². The SMILES string of the molecule is CCCC(N)C(=O)C(=O)NCC(=O)N[C@H](C(=O)N(C)C)c1ccccc1. The van der Waals surface area contributed by atoms with Crippen LogP contribution in [0.25, 0.3) is 0 Å². The highest BCUT2D eigenvalue weighted by Gasteiger charge is 2.25. The van der Waals surface area contributed by atoms with Crippen LogP contribution >= 0.6 is 0 Å². The van der Waals surface area contributed by atoms with Gasteiger partial charge in [0.15, 0.2) is 0 Å². The summed E-state index contributed by atoms with van der Waals surface area (Å²) in [6.07, 6.45) is 1.07. The van der Waals surface area contributed by atoms with Gasteiger partial charge >= 0.3 is 0 Å². The van der Waals surface area contributed by atoms with Crippen molar-refractivity contribution >= 4 is 23.5 Å². The van der Waals surface area contributed by atoms with Crippen molar-refractivity contribution in [1.82, 2.24) is 15.5 Å². The van der Waals surface area contributed by atoms with E-state index in [0.717, 1.165) is 0 Å². The Morgan fingerprint density at radius 1 is 1.12 bits per heavy atom. The second-order valence-corrected chi connectivity index (χ2v) is 6.09. The van der Waals surface area contributed by atoms with Crippen LogP contribution < -0.4 is 16.4 Å². The molecule has 26 heavy (non-hydrogen) atoms. The lowest BCUT2D eigenvalue weighted by molar-refractivity contribution is -0.139. The molecule has 0 radical (unpaired) electrons. The first-order valence-electron chi connectivity index (χ1n) is 8.41. The molecule has 4 N–H and O–H groups in total. The lowest BCUT2D eigenvalue weighted by Crippen LogP contribution is -2.47. The van der Waals surface area contributed by atoms with E-state index in [4.69, 9.17) is 5.73 Å². The molecule has 8 heteroatoms. The Hall–Kier alpha value is -2.74. The minimum Gasteiger partial charge on any atom is -0.347 e. The van der Waals surface area contributed by atoms with Crippen LogP contribution in [0.15, 0.2) is 30.3 Å². The highest BCUT2D eigenvalue weighted by atomic mass is 16.2. The van der Waals surface area contributed by atoms with Crippen LogP contribution in [0.4, 0.5) is 0 Å². The molecule has 142 valence electrons. The van der Waals surface area contributed by atoms with Crippen molar-refractivity contribution in [3.63, 3.8) is 0 Å². The van der Waals surface area contributed by atoms with Gasteiger partial charge in [0.25, 0.3) is 5.91 Å². The molecule has 0 aliphatic rings. The average molecular weight is 362 g/mol. The molecule has 1 rings (SSSR count). The van der Waals surface area contributed by atoms with Gasteiger partial charge in [0, 0.05) is 14.1 Å². The molecular weight excluding hydrogens is 336 g/mol. The Morgan fingerprint density at radius 2 is 1.73 bits per heavy atom. The maximum absolute atomic E-state index is 12.3. The number of nitrogens with two attached hydrogens (primary N) is 1. The molecule has 0 aliphatic heterocycles. The van der Waals surface area contributed by atoms with Gasteiger partial charge in [0.05, 0.1) is 12.6 Å². The Balaban J connectivity index is 2.69. The number of nitrogens with one attached hydrogen (secondary N) is 2. The first-order chi connectivity index (χ1) is 12.3. The average Bonchev–Trinajstić information content (AvgIpc) is 2.63. The van der Waals surface area contributed by atoms with Gasteiger partial charge in [-0.25, -0.2) is 0 Å². The normalized spacial score (nSPS) is 12.6. The molecule has 1 aromatic rings. The third kappa shape index (κ3) is 6.29. The van der Waals surface area contributed by atoms with Crippen molar-refractivity contribution in [1.29, 1.82) is 0 Å². The lowest BCUT2D eigenvalue weighted by atomic mass is 10.1. The Kier molecular flexibility index (Phi) is 8.44. The molecule has 8 nitrogen and oxygen atoms in total. The van der Waals surface area contributed by atoms with Gasteiger partial charge in [-0.15, -0.1) is 0 Å². The molecule has 1 unspecified atom stereocenters. The summed E-state index contributed by atoms with van der Waals surface area (Å²) in [5.74, 6) is -2.56. The molecule has 1 aromatic carbocycles. The molecule has 2 atom stereocenters. The van der Waals surface area contributed by atoms with Crippen molar-refractivity contribution in [3.8, 4) is 0 Å². The fourth-order valence-electron chi connectivity index (χ4n) is 2.26. The number of rotatable bonds is 9. The van der Waals surface area contributed by atoms with Gasteiger partial charge in [-0.1, -0.05) is 43.7 Å². The molecule has 0 fully saturated rings. The zero-order chi connectivity index (χ0) is 19.7. The zero-order valence-corrected chi connectivity index (χ0v) is 15.3. The van der Waals surface area contributed by atoms with E-state index in [0.29, 0.717) is 18.4 Å². The molecule has 0 spiro atoms. The van der Waals surface area contributed by atoms with Crippen LogP contribution in [-0.4, -0.2) is 55.1 Å². The number of nitrogens with zero attached hydrogens (tertiary/aromatic N) is 1. The Morgan fingerprint density at radius 3 is 2.27 bits per heavy atom. The number of benzene rings is 1. The van der Waals surface area contributed by atoms with Crippen LogP contribution in [0.2, 0.25) is 0 Å². The third-order valence-electron chi connectivity index (χ3n) is 3.70. The second-order valence-electron chi connectivity index (χ2n) is 6.09. The summed E-state index contributed by atoms with van der Waals surface area (Å²) < 4.78 is 0. The van der Waals surface area contributed by atoms with Gasteiger partial charge in [-0.3, -0.25) is 19.2 Å². The highest BCUT2D eigenvalue weighted by Crippen LogP contribution is 2.14. The lowest BCUT2D eigenvalue weighted by Gasteiger charge is -2.22. The summed E-state index contributed by atoms with van der Waals surface area (Å²) in [5.41, 5.74) is 6.22. The number of likely N-dealkylation sites (N-methyl/N-ethyl adjacent to an activating group) is 1. The second kappa shape index (κ2) is 10.3.